The van der Waals surface area contributed by atoms with Gasteiger partial charge in [0.1, 0.15) is 0 Å². The zero-order valence-corrected chi connectivity index (χ0v) is 13.7. The highest BCUT2D eigenvalue weighted by Crippen LogP contribution is 2.34. The Morgan fingerprint density at radius 2 is 1.48 bits per heavy atom. The van der Waals surface area contributed by atoms with Gasteiger partial charge >= 0.3 is 0 Å². The van der Waals surface area contributed by atoms with Gasteiger partial charge in [-0.1, -0.05) is 68.7 Å². The SMILES string of the molecule is CCCCCCc1cc2c3ccccc3[nH]c2c2ccccc12. The van der Waals surface area contributed by atoms with Crippen molar-refractivity contribution in [1.29, 1.82) is 0 Å². The second-order valence-electron chi connectivity index (χ2n) is 6.49. The van der Waals surface area contributed by atoms with Crippen LogP contribution < -0.4 is 0 Å². The fourth-order valence-corrected chi connectivity index (χ4v) is 3.71. The van der Waals surface area contributed by atoms with Gasteiger partial charge in [0.25, 0.3) is 0 Å². The highest BCUT2D eigenvalue weighted by Gasteiger charge is 2.10. The molecule has 0 amide bonds. The van der Waals surface area contributed by atoms with Crippen LogP contribution in [-0.2, 0) is 6.42 Å². The Kier molecular flexibility index (Phi) is 3.78. The highest BCUT2D eigenvalue weighted by molar-refractivity contribution is 6.17. The summed E-state index contributed by atoms with van der Waals surface area (Å²) in [4.78, 5) is 3.62. The van der Waals surface area contributed by atoms with E-state index in [9.17, 15) is 0 Å². The van der Waals surface area contributed by atoms with Crippen LogP contribution in [0.1, 0.15) is 38.2 Å². The van der Waals surface area contributed by atoms with Crippen LogP contribution in [0.25, 0.3) is 32.6 Å². The maximum absolute atomic E-state index is 3.62. The van der Waals surface area contributed by atoms with Gasteiger partial charge in [-0.25, -0.2) is 0 Å². The van der Waals surface area contributed by atoms with Gasteiger partial charge in [-0.2, -0.15) is 0 Å². The third kappa shape index (κ3) is 2.50. The Morgan fingerprint density at radius 1 is 0.739 bits per heavy atom. The van der Waals surface area contributed by atoms with Crippen molar-refractivity contribution < 1.29 is 0 Å². The summed E-state index contributed by atoms with van der Waals surface area (Å²) in [6, 6.07) is 19.9. The van der Waals surface area contributed by atoms with Gasteiger partial charge in [-0.05, 0) is 35.9 Å². The lowest BCUT2D eigenvalue weighted by Gasteiger charge is -2.08. The van der Waals surface area contributed by atoms with E-state index in [1.54, 1.807) is 0 Å². The van der Waals surface area contributed by atoms with E-state index in [4.69, 9.17) is 0 Å². The number of para-hydroxylation sites is 1. The number of rotatable bonds is 5. The van der Waals surface area contributed by atoms with Crippen LogP contribution in [0, 0.1) is 0 Å². The predicted molar refractivity (Wildman–Crippen MR) is 101 cm³/mol. The Hall–Kier alpha value is -2.28. The van der Waals surface area contributed by atoms with E-state index in [2.05, 4.69) is 66.5 Å². The first-order chi connectivity index (χ1) is 11.4. The van der Waals surface area contributed by atoms with Gasteiger partial charge in [-0.3, -0.25) is 0 Å². The first kappa shape index (κ1) is 14.3. The molecule has 0 aliphatic carbocycles. The third-order valence-electron chi connectivity index (χ3n) is 4.91. The summed E-state index contributed by atoms with van der Waals surface area (Å²) >= 11 is 0. The van der Waals surface area contributed by atoms with Crippen molar-refractivity contribution in [3.63, 3.8) is 0 Å². The molecule has 0 saturated heterocycles. The minimum absolute atomic E-state index is 1.18. The van der Waals surface area contributed by atoms with Crippen molar-refractivity contribution in [3.05, 3.63) is 60.2 Å². The first-order valence-corrected chi connectivity index (χ1v) is 8.79. The molecule has 0 fully saturated rings. The molecule has 0 atom stereocenters. The van der Waals surface area contributed by atoms with Crippen molar-refractivity contribution in [3.8, 4) is 0 Å². The normalized spacial score (nSPS) is 11.7. The number of aromatic nitrogens is 1. The van der Waals surface area contributed by atoms with Crippen molar-refractivity contribution in [2.45, 2.75) is 39.0 Å². The molecule has 116 valence electrons. The zero-order valence-electron chi connectivity index (χ0n) is 13.7. The number of unbranched alkanes of at least 4 members (excludes halogenated alkanes) is 3. The molecule has 0 spiro atoms. The van der Waals surface area contributed by atoms with Gasteiger partial charge < -0.3 is 4.98 Å². The number of aromatic amines is 1. The topological polar surface area (TPSA) is 15.8 Å². The summed E-state index contributed by atoms with van der Waals surface area (Å²) in [5.41, 5.74) is 4.00. The lowest BCUT2D eigenvalue weighted by molar-refractivity contribution is 0.668. The minimum atomic E-state index is 1.18. The van der Waals surface area contributed by atoms with Gasteiger partial charge in [0.15, 0.2) is 0 Å². The molecule has 0 aliphatic rings. The first-order valence-electron chi connectivity index (χ1n) is 8.79. The molecule has 4 aromatic rings. The number of fused-ring (bicyclic) bond motifs is 5. The molecule has 23 heavy (non-hydrogen) atoms. The van der Waals surface area contributed by atoms with Crippen molar-refractivity contribution in [1.82, 2.24) is 4.98 Å². The number of H-pyrrole nitrogens is 1. The number of hydrogen-bond donors (Lipinski definition) is 1. The Labute approximate surface area is 137 Å². The van der Waals surface area contributed by atoms with E-state index >= 15 is 0 Å². The Morgan fingerprint density at radius 3 is 2.30 bits per heavy atom. The molecule has 1 N–H and O–H groups in total. The van der Waals surface area contributed by atoms with Crippen LogP contribution in [0.15, 0.2) is 54.6 Å². The third-order valence-corrected chi connectivity index (χ3v) is 4.91. The number of aryl methyl sites for hydroxylation is 1. The maximum atomic E-state index is 3.62. The van der Waals surface area contributed by atoms with Crippen LogP contribution in [0.3, 0.4) is 0 Å². The average Bonchev–Trinajstić information content (AvgIpc) is 2.97. The van der Waals surface area contributed by atoms with Gasteiger partial charge in [0.2, 0.25) is 0 Å². The van der Waals surface area contributed by atoms with Crippen LogP contribution >= 0.6 is 0 Å². The molecular formula is C22H23N. The van der Waals surface area contributed by atoms with Crippen molar-refractivity contribution in [2.75, 3.05) is 0 Å². The highest BCUT2D eigenvalue weighted by atomic mass is 14.7. The van der Waals surface area contributed by atoms with Crippen LogP contribution in [0.4, 0.5) is 0 Å². The second kappa shape index (κ2) is 6.08. The van der Waals surface area contributed by atoms with Crippen molar-refractivity contribution in [2.24, 2.45) is 0 Å². The maximum Gasteiger partial charge on any atom is 0.0544 e. The van der Waals surface area contributed by atoms with E-state index in [0.29, 0.717) is 0 Å². The monoisotopic (exact) mass is 301 g/mol. The summed E-state index contributed by atoms with van der Waals surface area (Å²) in [6.45, 7) is 2.27. The average molecular weight is 301 g/mol. The standard InChI is InChI=1S/C22H23N/c1-2-3-4-5-10-16-15-20-18-12-8-9-14-21(18)23-22(20)19-13-7-6-11-17(16)19/h6-9,11-15,23H,2-5,10H2,1H3. The molecular weight excluding hydrogens is 278 g/mol. The minimum Gasteiger partial charge on any atom is -0.354 e. The summed E-state index contributed by atoms with van der Waals surface area (Å²) < 4.78 is 0. The predicted octanol–water partition coefficient (Wildman–Crippen LogP) is 6.60. The van der Waals surface area contributed by atoms with Crippen molar-refractivity contribution >= 4 is 32.6 Å². The van der Waals surface area contributed by atoms with Crippen LogP contribution in [0.5, 0.6) is 0 Å². The smallest absolute Gasteiger partial charge is 0.0544 e. The van der Waals surface area contributed by atoms with Gasteiger partial charge in [0.05, 0.1) is 5.52 Å². The molecule has 1 heteroatoms. The number of hydrogen-bond acceptors (Lipinski definition) is 0. The van der Waals surface area contributed by atoms with E-state index in [1.165, 1.54) is 70.2 Å². The molecule has 0 unspecified atom stereocenters. The second-order valence-corrected chi connectivity index (χ2v) is 6.49. The zero-order chi connectivity index (χ0) is 15.6. The Balaban J connectivity index is 1.91. The number of benzene rings is 3. The van der Waals surface area contributed by atoms with E-state index in [0.717, 1.165) is 0 Å². The Bertz CT molecular complexity index is 962. The largest absolute Gasteiger partial charge is 0.354 e. The molecule has 3 aromatic carbocycles. The number of nitrogens with one attached hydrogen (secondary N) is 1. The van der Waals surface area contributed by atoms with Gasteiger partial charge in [-0.15, -0.1) is 0 Å². The molecule has 4 rings (SSSR count). The molecule has 0 bridgehead atoms. The summed E-state index contributed by atoms with van der Waals surface area (Å²) in [5.74, 6) is 0. The lowest BCUT2D eigenvalue weighted by Crippen LogP contribution is -1.89. The molecule has 1 heterocycles. The fraction of sp³-hybridized carbons (Fsp3) is 0.273. The van der Waals surface area contributed by atoms with E-state index in [1.807, 2.05) is 0 Å². The van der Waals surface area contributed by atoms with Crippen LogP contribution in [-0.4, -0.2) is 4.98 Å². The van der Waals surface area contributed by atoms with Crippen LogP contribution in [0.2, 0.25) is 0 Å². The fourth-order valence-electron chi connectivity index (χ4n) is 3.71. The summed E-state index contributed by atoms with van der Waals surface area (Å²) in [5, 5.41) is 5.46. The lowest BCUT2D eigenvalue weighted by atomic mass is 9.96. The summed E-state index contributed by atoms with van der Waals surface area (Å²) in [7, 11) is 0. The molecule has 0 radical (unpaired) electrons. The molecule has 0 aliphatic heterocycles. The van der Waals surface area contributed by atoms with E-state index in [-0.39, 0.29) is 0 Å². The molecule has 0 saturated carbocycles. The van der Waals surface area contributed by atoms with Gasteiger partial charge in [0, 0.05) is 21.7 Å². The quantitative estimate of drug-likeness (QED) is 0.400. The van der Waals surface area contributed by atoms with E-state index < -0.39 is 0 Å². The summed E-state index contributed by atoms with van der Waals surface area (Å²) in [6.07, 6.45) is 6.42. The molecule has 1 nitrogen and oxygen atoms in total. The molecule has 1 aromatic heterocycles.